The molecule has 21 heavy (non-hydrogen) atoms. The van der Waals surface area contributed by atoms with Crippen molar-refractivity contribution in [3.05, 3.63) is 36.5 Å². The second kappa shape index (κ2) is 5.10. The molecule has 1 aliphatic heterocycles. The quantitative estimate of drug-likeness (QED) is 0.866. The van der Waals surface area contributed by atoms with E-state index in [0.29, 0.717) is 12.2 Å². The molecule has 4 rings (SSSR count). The van der Waals surface area contributed by atoms with E-state index in [4.69, 9.17) is 0 Å². The van der Waals surface area contributed by atoms with Crippen molar-refractivity contribution in [1.82, 2.24) is 14.5 Å². The van der Waals surface area contributed by atoms with Gasteiger partial charge < -0.3 is 4.57 Å². The van der Waals surface area contributed by atoms with Crippen LogP contribution in [0.4, 0.5) is 0 Å². The smallest absolute Gasteiger partial charge is 0.138 e. The van der Waals surface area contributed by atoms with E-state index in [9.17, 15) is 4.79 Å². The number of Topliss-reactive ketones (excluding diaryl/α,β-unsaturated/α-hetero) is 1. The molecular formula is C17H19N3O. The van der Waals surface area contributed by atoms with Gasteiger partial charge in [-0.2, -0.15) is 0 Å². The van der Waals surface area contributed by atoms with Gasteiger partial charge in [-0.3, -0.25) is 9.78 Å². The third-order valence-electron chi connectivity index (χ3n) is 4.94. The topological polar surface area (TPSA) is 47.8 Å². The van der Waals surface area contributed by atoms with Gasteiger partial charge in [0.1, 0.15) is 5.78 Å². The van der Waals surface area contributed by atoms with Crippen LogP contribution in [0, 0.1) is 5.92 Å². The number of hydrogen-bond donors (Lipinski definition) is 0. The van der Waals surface area contributed by atoms with Gasteiger partial charge >= 0.3 is 0 Å². The standard InChI is InChI=1S/C17H19N3O/c21-17(12-4-2-1-3-5-12)8-15-14-9-18-7-6-13(14)16-10-19-11-20(15)16/h6-7,9-12,15H,1-5,8H2/t15-/m1/s1. The Labute approximate surface area is 124 Å². The molecule has 1 saturated carbocycles. The monoisotopic (exact) mass is 281 g/mol. The van der Waals surface area contributed by atoms with Crippen molar-refractivity contribution in [3.63, 3.8) is 0 Å². The molecule has 108 valence electrons. The first-order valence-electron chi connectivity index (χ1n) is 7.83. The van der Waals surface area contributed by atoms with Crippen molar-refractivity contribution in [2.75, 3.05) is 0 Å². The number of fused-ring (bicyclic) bond motifs is 3. The van der Waals surface area contributed by atoms with Crippen LogP contribution in [0.2, 0.25) is 0 Å². The minimum absolute atomic E-state index is 0.0839. The summed E-state index contributed by atoms with van der Waals surface area (Å²) in [5.41, 5.74) is 3.44. The Hall–Kier alpha value is -1.97. The van der Waals surface area contributed by atoms with Crippen LogP contribution in [-0.2, 0) is 4.79 Å². The summed E-state index contributed by atoms with van der Waals surface area (Å²) in [6.07, 6.45) is 13.8. The van der Waals surface area contributed by atoms with Crippen LogP contribution in [0.25, 0.3) is 11.3 Å². The number of rotatable bonds is 3. The number of carbonyl (C=O) groups is 1. The second-order valence-electron chi connectivity index (χ2n) is 6.17. The molecule has 0 aromatic carbocycles. The molecule has 2 aromatic rings. The van der Waals surface area contributed by atoms with Gasteiger partial charge in [-0.25, -0.2) is 4.98 Å². The van der Waals surface area contributed by atoms with E-state index in [1.165, 1.54) is 30.4 Å². The van der Waals surface area contributed by atoms with E-state index >= 15 is 0 Å². The van der Waals surface area contributed by atoms with Gasteiger partial charge in [0.25, 0.3) is 0 Å². The average Bonchev–Trinajstić information content (AvgIpc) is 3.11. The summed E-state index contributed by atoms with van der Waals surface area (Å²) < 4.78 is 2.13. The molecule has 0 saturated heterocycles. The van der Waals surface area contributed by atoms with Gasteiger partial charge in [0, 0.05) is 35.9 Å². The zero-order valence-corrected chi connectivity index (χ0v) is 12.0. The highest BCUT2D eigenvalue weighted by molar-refractivity contribution is 5.83. The van der Waals surface area contributed by atoms with Crippen LogP contribution in [-0.4, -0.2) is 20.3 Å². The Kier molecular flexibility index (Phi) is 3.09. The van der Waals surface area contributed by atoms with Crippen molar-refractivity contribution in [2.45, 2.75) is 44.6 Å². The van der Waals surface area contributed by atoms with E-state index < -0.39 is 0 Å². The molecule has 4 nitrogen and oxygen atoms in total. The third kappa shape index (κ3) is 2.09. The number of carbonyl (C=O) groups excluding carboxylic acids is 1. The number of aromatic nitrogens is 3. The lowest BCUT2D eigenvalue weighted by atomic mass is 9.83. The van der Waals surface area contributed by atoms with E-state index in [1.54, 1.807) is 0 Å². The maximum absolute atomic E-state index is 12.6. The van der Waals surface area contributed by atoms with Gasteiger partial charge in [0.15, 0.2) is 0 Å². The summed E-state index contributed by atoms with van der Waals surface area (Å²) in [4.78, 5) is 21.1. The third-order valence-corrected chi connectivity index (χ3v) is 4.94. The summed E-state index contributed by atoms with van der Waals surface area (Å²) in [5, 5.41) is 0. The molecule has 2 aliphatic rings. The molecule has 0 spiro atoms. The van der Waals surface area contributed by atoms with E-state index in [-0.39, 0.29) is 12.0 Å². The molecule has 0 N–H and O–H groups in total. The maximum atomic E-state index is 12.6. The molecule has 2 aromatic heterocycles. The van der Waals surface area contributed by atoms with Crippen LogP contribution in [0.1, 0.15) is 50.1 Å². The highest BCUT2D eigenvalue weighted by Crippen LogP contribution is 2.41. The fourth-order valence-electron chi connectivity index (χ4n) is 3.81. The van der Waals surface area contributed by atoms with Gasteiger partial charge in [0.05, 0.1) is 24.3 Å². The Morgan fingerprint density at radius 2 is 2.05 bits per heavy atom. The van der Waals surface area contributed by atoms with Crippen LogP contribution in [0.5, 0.6) is 0 Å². The summed E-state index contributed by atoms with van der Waals surface area (Å²) in [6.45, 7) is 0. The molecule has 4 heteroatoms. The Bertz CT molecular complexity index is 670. The molecule has 0 unspecified atom stereocenters. The van der Waals surface area contributed by atoms with E-state index in [2.05, 4.69) is 14.5 Å². The Balaban J connectivity index is 1.62. The van der Waals surface area contributed by atoms with Crippen LogP contribution in [0.3, 0.4) is 0 Å². The van der Waals surface area contributed by atoms with Gasteiger partial charge in [-0.15, -0.1) is 0 Å². The molecular weight excluding hydrogens is 262 g/mol. The van der Waals surface area contributed by atoms with Gasteiger partial charge in [-0.05, 0) is 18.9 Å². The first-order chi connectivity index (χ1) is 10.3. The molecule has 0 amide bonds. The summed E-state index contributed by atoms with van der Waals surface area (Å²) in [7, 11) is 0. The second-order valence-corrected chi connectivity index (χ2v) is 6.17. The van der Waals surface area contributed by atoms with Gasteiger partial charge in [0.2, 0.25) is 0 Å². The molecule has 1 atom stereocenters. The van der Waals surface area contributed by atoms with Crippen molar-refractivity contribution in [3.8, 4) is 11.3 Å². The number of hydrogen-bond acceptors (Lipinski definition) is 3. The number of imidazole rings is 1. The minimum atomic E-state index is 0.0839. The first kappa shape index (κ1) is 12.7. The minimum Gasteiger partial charge on any atom is -0.322 e. The predicted octanol–water partition coefficient (Wildman–Crippen LogP) is 3.39. The summed E-state index contributed by atoms with van der Waals surface area (Å²) in [5.74, 6) is 0.683. The molecule has 0 radical (unpaired) electrons. The largest absolute Gasteiger partial charge is 0.322 e. The highest BCUT2D eigenvalue weighted by Gasteiger charge is 2.32. The van der Waals surface area contributed by atoms with Crippen molar-refractivity contribution in [2.24, 2.45) is 5.92 Å². The Morgan fingerprint density at radius 3 is 2.90 bits per heavy atom. The van der Waals surface area contributed by atoms with Crippen LogP contribution >= 0.6 is 0 Å². The number of ketones is 1. The lowest BCUT2D eigenvalue weighted by Gasteiger charge is -2.22. The highest BCUT2D eigenvalue weighted by atomic mass is 16.1. The summed E-state index contributed by atoms with van der Waals surface area (Å²) >= 11 is 0. The van der Waals surface area contributed by atoms with Gasteiger partial charge in [-0.1, -0.05) is 19.3 Å². The van der Waals surface area contributed by atoms with Crippen LogP contribution in [0.15, 0.2) is 31.0 Å². The SMILES string of the molecule is O=C(C[C@@H]1c2cnccc2-c2cncn21)C1CCCCC1. The Morgan fingerprint density at radius 1 is 1.19 bits per heavy atom. The normalized spacial score (nSPS) is 21.0. The fourth-order valence-corrected chi connectivity index (χ4v) is 3.81. The molecule has 3 heterocycles. The molecule has 1 fully saturated rings. The molecule has 1 aliphatic carbocycles. The van der Waals surface area contributed by atoms with Crippen LogP contribution < -0.4 is 0 Å². The number of nitrogens with zero attached hydrogens (tertiary/aromatic N) is 3. The lowest BCUT2D eigenvalue weighted by molar-refractivity contribution is -0.124. The van der Waals surface area contributed by atoms with E-state index in [1.807, 2.05) is 31.0 Å². The van der Waals surface area contributed by atoms with Crippen molar-refractivity contribution in [1.29, 1.82) is 0 Å². The fraction of sp³-hybridized carbons (Fsp3) is 0.471. The zero-order chi connectivity index (χ0) is 14.2. The molecule has 0 bridgehead atoms. The lowest BCUT2D eigenvalue weighted by Crippen LogP contribution is -2.21. The van der Waals surface area contributed by atoms with Crippen molar-refractivity contribution < 1.29 is 4.79 Å². The summed E-state index contributed by atoms with van der Waals surface area (Å²) in [6, 6.07) is 2.11. The van der Waals surface area contributed by atoms with E-state index in [0.717, 1.165) is 18.5 Å². The first-order valence-corrected chi connectivity index (χ1v) is 7.83. The number of pyridine rings is 1. The maximum Gasteiger partial charge on any atom is 0.138 e. The predicted molar refractivity (Wildman–Crippen MR) is 79.8 cm³/mol. The zero-order valence-electron chi connectivity index (χ0n) is 12.0. The van der Waals surface area contributed by atoms with Crippen molar-refractivity contribution >= 4 is 5.78 Å². The average molecular weight is 281 g/mol.